The molecular formula is C25H26FN3O2S. The smallest absolute Gasteiger partial charge is 0.262 e. The van der Waals surface area contributed by atoms with E-state index in [2.05, 4.69) is 16.9 Å². The molecule has 1 amide bonds. The summed E-state index contributed by atoms with van der Waals surface area (Å²) < 4.78 is 15.2. The van der Waals surface area contributed by atoms with Crippen molar-refractivity contribution in [2.45, 2.75) is 44.1 Å². The molecule has 0 saturated heterocycles. The number of aromatic amines is 1. The number of benzene rings is 2. The van der Waals surface area contributed by atoms with Crippen LogP contribution in [0.2, 0.25) is 0 Å². The summed E-state index contributed by atoms with van der Waals surface area (Å²) in [5, 5.41) is 3.54. The molecule has 1 aromatic heterocycles. The summed E-state index contributed by atoms with van der Waals surface area (Å²) in [6.45, 7) is 4.45. The van der Waals surface area contributed by atoms with Crippen LogP contribution < -0.4 is 10.9 Å². The zero-order valence-electron chi connectivity index (χ0n) is 17.8. The molecule has 2 N–H and O–H groups in total. The zero-order chi connectivity index (χ0) is 22.7. The summed E-state index contributed by atoms with van der Waals surface area (Å²) in [4.78, 5) is 28.7. The number of nitrogens with one attached hydrogen (secondary N) is 2. The second kappa shape index (κ2) is 9.20. The molecule has 1 aliphatic carbocycles. The van der Waals surface area contributed by atoms with E-state index in [0.29, 0.717) is 29.6 Å². The number of halogens is 1. The number of hydrogen-bond acceptors (Lipinski definition) is 3. The van der Waals surface area contributed by atoms with Gasteiger partial charge in [-0.05, 0) is 61.0 Å². The van der Waals surface area contributed by atoms with Gasteiger partial charge in [0.15, 0.2) is 4.77 Å². The van der Waals surface area contributed by atoms with Gasteiger partial charge in [-0.1, -0.05) is 37.5 Å². The fourth-order valence-electron chi connectivity index (χ4n) is 4.64. The van der Waals surface area contributed by atoms with E-state index in [1.165, 1.54) is 23.1 Å². The Balaban J connectivity index is 1.59. The van der Waals surface area contributed by atoms with Gasteiger partial charge in [0.1, 0.15) is 5.82 Å². The van der Waals surface area contributed by atoms with E-state index in [0.717, 1.165) is 31.2 Å². The average molecular weight is 452 g/mol. The third-order valence-corrected chi connectivity index (χ3v) is 6.73. The molecule has 0 unspecified atom stereocenters. The maximum absolute atomic E-state index is 13.5. The van der Waals surface area contributed by atoms with Crippen LogP contribution in [0.5, 0.6) is 0 Å². The normalized spacial score (nSPS) is 15.4. The first-order valence-corrected chi connectivity index (χ1v) is 11.3. The van der Waals surface area contributed by atoms with Crippen LogP contribution in [0, 0.1) is 10.6 Å². The molecule has 0 bridgehead atoms. The van der Waals surface area contributed by atoms with Crippen LogP contribution >= 0.6 is 12.2 Å². The van der Waals surface area contributed by atoms with Crippen LogP contribution in [-0.4, -0.2) is 22.0 Å². The van der Waals surface area contributed by atoms with E-state index < -0.39 is 0 Å². The fraction of sp³-hybridized carbons (Fsp3) is 0.320. The number of nitrogens with zero attached hydrogens (tertiary/aromatic N) is 1. The predicted molar refractivity (Wildman–Crippen MR) is 127 cm³/mol. The molecule has 32 heavy (non-hydrogen) atoms. The van der Waals surface area contributed by atoms with E-state index in [-0.39, 0.29) is 27.5 Å². The molecule has 5 nitrogen and oxygen atoms in total. The summed E-state index contributed by atoms with van der Waals surface area (Å²) in [5.41, 5.74) is 1.63. The van der Waals surface area contributed by atoms with Gasteiger partial charge in [-0.2, -0.15) is 0 Å². The molecule has 1 saturated carbocycles. The number of aromatic nitrogens is 2. The van der Waals surface area contributed by atoms with Crippen molar-refractivity contribution in [3.05, 3.63) is 87.2 Å². The molecule has 4 rings (SSSR count). The Hall–Kier alpha value is -3.06. The Morgan fingerprint density at radius 2 is 1.91 bits per heavy atom. The van der Waals surface area contributed by atoms with Gasteiger partial charge >= 0.3 is 0 Å². The van der Waals surface area contributed by atoms with Gasteiger partial charge in [-0.25, -0.2) is 4.39 Å². The third kappa shape index (κ3) is 4.30. The second-order valence-corrected chi connectivity index (χ2v) is 8.81. The van der Waals surface area contributed by atoms with E-state index in [4.69, 9.17) is 12.2 Å². The van der Waals surface area contributed by atoms with Gasteiger partial charge in [-0.15, -0.1) is 6.58 Å². The van der Waals surface area contributed by atoms with Gasteiger partial charge in [-0.3, -0.25) is 14.2 Å². The quantitative estimate of drug-likeness (QED) is 0.409. The zero-order valence-corrected chi connectivity index (χ0v) is 18.6. The number of rotatable bonds is 6. The maximum Gasteiger partial charge on any atom is 0.262 e. The second-order valence-electron chi connectivity index (χ2n) is 8.43. The minimum absolute atomic E-state index is 0.198. The fourth-order valence-corrected chi connectivity index (χ4v) is 4.91. The van der Waals surface area contributed by atoms with Crippen molar-refractivity contribution in [1.29, 1.82) is 0 Å². The summed E-state index contributed by atoms with van der Waals surface area (Å²) in [7, 11) is 0. The van der Waals surface area contributed by atoms with Crippen LogP contribution in [0.15, 0.2) is 59.9 Å². The van der Waals surface area contributed by atoms with Crippen LogP contribution in [0.1, 0.15) is 48.0 Å². The summed E-state index contributed by atoms with van der Waals surface area (Å²) in [6.07, 6.45) is 6.85. The molecule has 0 atom stereocenters. The third-order valence-electron chi connectivity index (χ3n) is 6.41. The van der Waals surface area contributed by atoms with Gasteiger partial charge < -0.3 is 10.3 Å². The van der Waals surface area contributed by atoms with E-state index in [1.54, 1.807) is 24.3 Å². The number of carbonyl (C=O) groups excluding carboxylic acids is 1. The molecule has 3 aromatic rings. The lowest BCUT2D eigenvalue weighted by atomic mass is 9.69. The van der Waals surface area contributed by atoms with Gasteiger partial charge in [0.05, 0.1) is 10.9 Å². The van der Waals surface area contributed by atoms with E-state index in [1.807, 2.05) is 12.1 Å². The summed E-state index contributed by atoms with van der Waals surface area (Å²) >= 11 is 5.29. The highest BCUT2D eigenvalue weighted by Crippen LogP contribution is 2.39. The minimum Gasteiger partial charge on any atom is -0.351 e. The lowest BCUT2D eigenvalue weighted by molar-refractivity contribution is 0.0936. The highest BCUT2D eigenvalue weighted by molar-refractivity contribution is 7.71. The largest absolute Gasteiger partial charge is 0.351 e. The summed E-state index contributed by atoms with van der Waals surface area (Å²) in [5.74, 6) is -0.474. The van der Waals surface area contributed by atoms with Gasteiger partial charge in [0.25, 0.3) is 11.5 Å². The van der Waals surface area contributed by atoms with Crippen LogP contribution in [0.3, 0.4) is 0 Å². The first kappa shape index (κ1) is 22.1. The van der Waals surface area contributed by atoms with E-state index >= 15 is 0 Å². The van der Waals surface area contributed by atoms with Crippen molar-refractivity contribution >= 4 is 29.0 Å². The number of amides is 1. The molecule has 0 radical (unpaired) electrons. The molecule has 1 fully saturated rings. The van der Waals surface area contributed by atoms with Crippen LogP contribution in [0.25, 0.3) is 10.9 Å². The van der Waals surface area contributed by atoms with Crippen molar-refractivity contribution < 1.29 is 9.18 Å². The van der Waals surface area contributed by atoms with Gasteiger partial charge in [0, 0.05) is 24.1 Å². The Kier molecular flexibility index (Phi) is 6.37. The SMILES string of the molecule is C=CCn1c(=S)[nH]c2cc(C(=O)NCC3(c4ccc(F)cc4)CCCCC3)ccc2c1=O. The summed E-state index contributed by atoms with van der Waals surface area (Å²) in [6, 6.07) is 11.6. The molecule has 2 aromatic carbocycles. The van der Waals surface area contributed by atoms with Crippen LogP contribution in [-0.2, 0) is 12.0 Å². The molecule has 0 aliphatic heterocycles. The first-order chi connectivity index (χ1) is 15.4. The Morgan fingerprint density at radius 3 is 2.59 bits per heavy atom. The number of H-pyrrole nitrogens is 1. The first-order valence-electron chi connectivity index (χ1n) is 10.9. The number of allylic oxidation sites excluding steroid dienone is 1. The molecular weight excluding hydrogens is 425 g/mol. The van der Waals surface area contributed by atoms with Crippen LogP contribution in [0.4, 0.5) is 4.39 Å². The predicted octanol–water partition coefficient (Wildman–Crippen LogP) is 5.02. The Labute approximate surface area is 191 Å². The van der Waals surface area contributed by atoms with Crippen molar-refractivity contribution in [3.63, 3.8) is 0 Å². The topological polar surface area (TPSA) is 66.9 Å². The standard InChI is InChI=1S/C25H26FN3O2S/c1-2-14-29-23(31)20-11-6-17(15-21(20)28-24(29)32)22(30)27-16-25(12-4-3-5-13-25)18-7-9-19(26)10-8-18/h2,6-11,15H,1,3-5,12-14,16H2,(H,27,30)(H,28,32). The van der Waals surface area contributed by atoms with Gasteiger partial charge in [0.2, 0.25) is 0 Å². The van der Waals surface area contributed by atoms with Crippen molar-refractivity contribution in [2.75, 3.05) is 6.54 Å². The Bertz CT molecular complexity index is 1270. The number of hydrogen-bond donors (Lipinski definition) is 2. The Morgan fingerprint density at radius 1 is 1.19 bits per heavy atom. The number of carbonyl (C=O) groups is 1. The highest BCUT2D eigenvalue weighted by atomic mass is 32.1. The monoisotopic (exact) mass is 451 g/mol. The molecule has 166 valence electrons. The molecule has 1 aliphatic rings. The lowest BCUT2D eigenvalue weighted by Gasteiger charge is -2.38. The molecule has 7 heteroatoms. The minimum atomic E-state index is -0.260. The average Bonchev–Trinajstić information content (AvgIpc) is 2.81. The van der Waals surface area contributed by atoms with Crippen molar-refractivity contribution in [1.82, 2.24) is 14.9 Å². The molecule has 0 spiro atoms. The maximum atomic E-state index is 13.5. The lowest BCUT2D eigenvalue weighted by Crippen LogP contribution is -2.42. The highest BCUT2D eigenvalue weighted by Gasteiger charge is 2.34. The van der Waals surface area contributed by atoms with Crippen molar-refractivity contribution in [3.8, 4) is 0 Å². The van der Waals surface area contributed by atoms with E-state index in [9.17, 15) is 14.0 Å². The number of fused-ring (bicyclic) bond motifs is 1. The van der Waals surface area contributed by atoms with Crippen molar-refractivity contribution in [2.24, 2.45) is 0 Å². The molecule has 1 heterocycles.